The predicted molar refractivity (Wildman–Crippen MR) is 83.0 cm³/mol. The monoisotopic (exact) mass is 287 g/mol. The molecule has 0 atom stereocenters. The molecule has 0 radical (unpaired) electrons. The Labute approximate surface area is 126 Å². The van der Waals surface area contributed by atoms with Gasteiger partial charge in [0.25, 0.3) is 0 Å². The smallest absolute Gasteiger partial charge is 0.220 e. The number of benzene rings is 1. The van der Waals surface area contributed by atoms with E-state index >= 15 is 0 Å². The van der Waals surface area contributed by atoms with Crippen molar-refractivity contribution in [1.82, 2.24) is 5.32 Å². The maximum Gasteiger partial charge on any atom is 0.220 e. The highest BCUT2D eigenvalue weighted by atomic mass is 16.3. The second kappa shape index (κ2) is 6.18. The average molecular weight is 287 g/mol. The molecule has 1 aromatic carbocycles. The zero-order valence-corrected chi connectivity index (χ0v) is 12.6. The Hall–Kier alpha value is -1.35. The molecule has 0 aliphatic heterocycles. The minimum Gasteiger partial charge on any atom is -0.387 e. The summed E-state index contributed by atoms with van der Waals surface area (Å²) in [5.41, 5.74) is 1.62. The summed E-state index contributed by atoms with van der Waals surface area (Å²) in [6.07, 6.45) is 8.12. The lowest BCUT2D eigenvalue weighted by molar-refractivity contribution is -0.123. The van der Waals surface area contributed by atoms with Crippen LogP contribution in [0.1, 0.15) is 49.7 Å². The van der Waals surface area contributed by atoms with Crippen molar-refractivity contribution >= 4 is 5.91 Å². The van der Waals surface area contributed by atoms with Crippen molar-refractivity contribution in [3.05, 3.63) is 35.4 Å². The van der Waals surface area contributed by atoms with Crippen LogP contribution < -0.4 is 5.32 Å². The molecule has 2 aliphatic rings. The van der Waals surface area contributed by atoms with E-state index in [4.69, 9.17) is 0 Å². The average Bonchev–Trinajstić information content (AvgIpc) is 2.83. The van der Waals surface area contributed by atoms with Crippen molar-refractivity contribution in [2.75, 3.05) is 6.54 Å². The SMILES string of the molecule is O=C(CC1CCCCC1)NCC1(O)Cc2ccccc2C1. The first-order chi connectivity index (χ1) is 10.1. The zero-order valence-electron chi connectivity index (χ0n) is 12.6. The summed E-state index contributed by atoms with van der Waals surface area (Å²) < 4.78 is 0. The van der Waals surface area contributed by atoms with Crippen LogP contribution in [-0.2, 0) is 17.6 Å². The van der Waals surface area contributed by atoms with E-state index in [0.717, 1.165) is 0 Å². The first-order valence-corrected chi connectivity index (χ1v) is 8.20. The van der Waals surface area contributed by atoms with Crippen molar-refractivity contribution in [3.8, 4) is 0 Å². The lowest BCUT2D eigenvalue weighted by Gasteiger charge is -2.24. The van der Waals surface area contributed by atoms with E-state index in [1.165, 1.54) is 43.2 Å². The minimum absolute atomic E-state index is 0.103. The molecule has 3 heteroatoms. The molecule has 114 valence electrons. The lowest BCUT2D eigenvalue weighted by Crippen LogP contribution is -2.44. The number of aliphatic hydroxyl groups is 1. The molecule has 2 aliphatic carbocycles. The Balaban J connectivity index is 1.48. The van der Waals surface area contributed by atoms with Gasteiger partial charge in [-0.05, 0) is 29.9 Å². The number of hydrogen-bond acceptors (Lipinski definition) is 2. The number of rotatable bonds is 4. The van der Waals surface area contributed by atoms with Gasteiger partial charge in [-0.15, -0.1) is 0 Å². The highest BCUT2D eigenvalue weighted by molar-refractivity contribution is 5.76. The van der Waals surface area contributed by atoms with E-state index in [-0.39, 0.29) is 5.91 Å². The van der Waals surface area contributed by atoms with E-state index in [2.05, 4.69) is 17.4 Å². The third-order valence-electron chi connectivity index (χ3n) is 4.97. The quantitative estimate of drug-likeness (QED) is 0.894. The fourth-order valence-corrected chi connectivity index (χ4v) is 3.79. The standard InChI is InChI=1S/C18H25NO2/c20-17(10-14-6-2-1-3-7-14)19-13-18(21)11-15-8-4-5-9-16(15)12-18/h4-5,8-9,14,21H,1-3,6-7,10-13H2,(H,19,20). The molecule has 0 aromatic heterocycles. The van der Waals surface area contributed by atoms with E-state index in [1.54, 1.807) is 0 Å². The van der Waals surface area contributed by atoms with Gasteiger partial charge in [0.15, 0.2) is 0 Å². The Bertz CT molecular complexity index is 481. The highest BCUT2D eigenvalue weighted by Crippen LogP contribution is 2.30. The van der Waals surface area contributed by atoms with Gasteiger partial charge in [0.05, 0.1) is 5.60 Å². The van der Waals surface area contributed by atoms with E-state index in [9.17, 15) is 9.90 Å². The Morgan fingerprint density at radius 2 is 1.76 bits per heavy atom. The van der Waals surface area contributed by atoms with Gasteiger partial charge in [-0.1, -0.05) is 43.5 Å². The molecule has 1 fully saturated rings. The van der Waals surface area contributed by atoms with Gasteiger partial charge < -0.3 is 10.4 Å². The van der Waals surface area contributed by atoms with Crippen LogP contribution in [0.5, 0.6) is 0 Å². The van der Waals surface area contributed by atoms with Gasteiger partial charge in [0.2, 0.25) is 5.91 Å². The van der Waals surface area contributed by atoms with Crippen LogP contribution in [0.2, 0.25) is 0 Å². The molecular weight excluding hydrogens is 262 g/mol. The largest absolute Gasteiger partial charge is 0.387 e. The van der Waals surface area contributed by atoms with Gasteiger partial charge in [0, 0.05) is 25.8 Å². The van der Waals surface area contributed by atoms with E-state index < -0.39 is 5.60 Å². The third kappa shape index (κ3) is 3.65. The van der Waals surface area contributed by atoms with Crippen LogP contribution in [0.4, 0.5) is 0 Å². The first-order valence-electron chi connectivity index (χ1n) is 8.20. The van der Waals surface area contributed by atoms with Crippen LogP contribution in [0, 0.1) is 5.92 Å². The highest BCUT2D eigenvalue weighted by Gasteiger charge is 2.35. The Morgan fingerprint density at radius 3 is 2.38 bits per heavy atom. The predicted octanol–water partition coefficient (Wildman–Crippen LogP) is 2.60. The summed E-state index contributed by atoms with van der Waals surface area (Å²) in [5.74, 6) is 0.653. The normalized spacial score (nSPS) is 21.0. The van der Waals surface area contributed by atoms with Crippen molar-refractivity contribution in [1.29, 1.82) is 0 Å². The second-order valence-electron chi connectivity index (χ2n) is 6.83. The van der Waals surface area contributed by atoms with Crippen molar-refractivity contribution in [2.24, 2.45) is 5.92 Å². The Kier molecular flexibility index (Phi) is 4.29. The summed E-state index contributed by atoms with van der Waals surface area (Å²) in [6, 6.07) is 8.15. The molecule has 1 aromatic rings. The summed E-state index contributed by atoms with van der Waals surface area (Å²) in [6.45, 7) is 0.368. The number of carbonyl (C=O) groups excluding carboxylic acids is 1. The third-order valence-corrected chi connectivity index (χ3v) is 4.97. The molecule has 0 bridgehead atoms. The first kappa shape index (κ1) is 14.6. The molecule has 0 saturated heterocycles. The fraction of sp³-hybridized carbons (Fsp3) is 0.611. The number of carbonyl (C=O) groups is 1. The van der Waals surface area contributed by atoms with E-state index in [0.29, 0.717) is 31.7 Å². The summed E-state index contributed by atoms with van der Waals surface area (Å²) in [4.78, 5) is 12.1. The summed E-state index contributed by atoms with van der Waals surface area (Å²) in [7, 11) is 0. The molecule has 1 saturated carbocycles. The molecule has 1 amide bonds. The summed E-state index contributed by atoms with van der Waals surface area (Å²) >= 11 is 0. The van der Waals surface area contributed by atoms with Gasteiger partial charge in [-0.3, -0.25) is 4.79 Å². The van der Waals surface area contributed by atoms with Gasteiger partial charge in [0.1, 0.15) is 0 Å². The lowest BCUT2D eigenvalue weighted by atomic mass is 9.87. The zero-order chi connectivity index (χ0) is 14.7. The van der Waals surface area contributed by atoms with Gasteiger partial charge in [-0.2, -0.15) is 0 Å². The second-order valence-corrected chi connectivity index (χ2v) is 6.83. The number of nitrogens with one attached hydrogen (secondary N) is 1. The van der Waals surface area contributed by atoms with E-state index in [1.807, 2.05) is 12.1 Å². The van der Waals surface area contributed by atoms with Crippen LogP contribution in [-0.4, -0.2) is 23.2 Å². The Morgan fingerprint density at radius 1 is 1.14 bits per heavy atom. The molecule has 0 heterocycles. The van der Waals surface area contributed by atoms with Crippen molar-refractivity contribution in [3.63, 3.8) is 0 Å². The van der Waals surface area contributed by atoms with Crippen LogP contribution >= 0.6 is 0 Å². The molecule has 0 unspecified atom stereocenters. The number of hydrogen-bond donors (Lipinski definition) is 2. The maximum atomic E-state index is 12.1. The van der Waals surface area contributed by atoms with Crippen molar-refractivity contribution in [2.45, 2.75) is 57.0 Å². The number of amides is 1. The summed E-state index contributed by atoms with van der Waals surface area (Å²) in [5, 5.41) is 13.6. The number of fused-ring (bicyclic) bond motifs is 1. The molecular formula is C18H25NO2. The van der Waals surface area contributed by atoms with Crippen molar-refractivity contribution < 1.29 is 9.90 Å². The molecule has 2 N–H and O–H groups in total. The van der Waals surface area contributed by atoms with Gasteiger partial charge in [-0.25, -0.2) is 0 Å². The minimum atomic E-state index is -0.800. The van der Waals surface area contributed by atoms with Crippen LogP contribution in [0.3, 0.4) is 0 Å². The molecule has 21 heavy (non-hydrogen) atoms. The van der Waals surface area contributed by atoms with Crippen LogP contribution in [0.25, 0.3) is 0 Å². The fourth-order valence-electron chi connectivity index (χ4n) is 3.79. The topological polar surface area (TPSA) is 49.3 Å². The maximum absolute atomic E-state index is 12.1. The van der Waals surface area contributed by atoms with Crippen LogP contribution in [0.15, 0.2) is 24.3 Å². The molecule has 3 rings (SSSR count). The van der Waals surface area contributed by atoms with Gasteiger partial charge >= 0.3 is 0 Å². The molecule has 0 spiro atoms. The molecule has 3 nitrogen and oxygen atoms in total.